The molecule has 0 fully saturated rings. The van der Waals surface area contributed by atoms with Gasteiger partial charge in [-0.25, -0.2) is 4.79 Å². The number of carbonyl (C=O) groups is 1. The number of esters is 1. The first-order valence-electron chi connectivity index (χ1n) is 6.18. The number of ether oxygens (including phenoxy) is 1. The molecule has 0 spiro atoms. The second-order valence-electron chi connectivity index (χ2n) is 4.60. The highest BCUT2D eigenvalue weighted by Gasteiger charge is 2.17. The Morgan fingerprint density at radius 3 is 2.37 bits per heavy atom. The Hall–Kier alpha value is -2.29. The standard InChI is InChI=1S/C16H16O3/c1-11(2)13-9-6-10-14(15(13)17)16(18)19-12-7-4-3-5-8-12/h3-11,17H,1-2H3. The average molecular weight is 256 g/mol. The second-order valence-corrected chi connectivity index (χ2v) is 4.60. The highest BCUT2D eigenvalue weighted by Crippen LogP contribution is 2.29. The number of carbonyl (C=O) groups excluding carboxylic acids is 1. The Labute approximate surface area is 112 Å². The molecule has 3 heteroatoms. The molecule has 0 saturated heterocycles. The molecule has 2 aromatic carbocycles. The zero-order chi connectivity index (χ0) is 13.8. The van der Waals surface area contributed by atoms with Crippen molar-refractivity contribution in [3.63, 3.8) is 0 Å². The fourth-order valence-electron chi connectivity index (χ4n) is 1.84. The first-order chi connectivity index (χ1) is 9.09. The van der Waals surface area contributed by atoms with Gasteiger partial charge in [0.15, 0.2) is 0 Å². The summed E-state index contributed by atoms with van der Waals surface area (Å²) in [5.41, 5.74) is 0.928. The van der Waals surface area contributed by atoms with E-state index in [4.69, 9.17) is 4.74 Å². The van der Waals surface area contributed by atoms with Gasteiger partial charge < -0.3 is 9.84 Å². The second kappa shape index (κ2) is 5.57. The molecule has 0 aromatic heterocycles. The minimum absolute atomic E-state index is 0.00145. The van der Waals surface area contributed by atoms with Gasteiger partial charge in [-0.05, 0) is 29.7 Å². The lowest BCUT2D eigenvalue weighted by Crippen LogP contribution is -2.09. The summed E-state index contributed by atoms with van der Waals surface area (Å²) < 4.78 is 5.22. The summed E-state index contributed by atoms with van der Waals surface area (Å²) in [5, 5.41) is 10.1. The van der Waals surface area contributed by atoms with Crippen molar-refractivity contribution in [3.8, 4) is 11.5 Å². The van der Waals surface area contributed by atoms with Crippen molar-refractivity contribution >= 4 is 5.97 Å². The number of phenolic OH excluding ortho intramolecular Hbond substituents is 1. The van der Waals surface area contributed by atoms with Gasteiger partial charge in [0, 0.05) is 0 Å². The van der Waals surface area contributed by atoms with Gasteiger partial charge in [0.1, 0.15) is 17.1 Å². The smallest absolute Gasteiger partial charge is 0.347 e. The number of benzene rings is 2. The van der Waals surface area contributed by atoms with Crippen molar-refractivity contribution in [2.24, 2.45) is 0 Å². The van der Waals surface area contributed by atoms with E-state index in [1.54, 1.807) is 42.5 Å². The Morgan fingerprint density at radius 1 is 1.05 bits per heavy atom. The Kier molecular flexibility index (Phi) is 3.85. The number of phenols is 1. The molecule has 0 aliphatic rings. The molecule has 0 heterocycles. The molecule has 0 unspecified atom stereocenters. The zero-order valence-electron chi connectivity index (χ0n) is 11.0. The van der Waals surface area contributed by atoms with Crippen LogP contribution >= 0.6 is 0 Å². The fraction of sp³-hybridized carbons (Fsp3) is 0.188. The maximum Gasteiger partial charge on any atom is 0.347 e. The number of para-hydroxylation sites is 2. The largest absolute Gasteiger partial charge is 0.507 e. The van der Waals surface area contributed by atoms with Crippen LogP contribution in [0, 0.1) is 0 Å². The van der Waals surface area contributed by atoms with Crippen molar-refractivity contribution in [3.05, 3.63) is 59.7 Å². The van der Waals surface area contributed by atoms with Gasteiger partial charge in [0.25, 0.3) is 0 Å². The van der Waals surface area contributed by atoms with E-state index < -0.39 is 5.97 Å². The molecular formula is C16H16O3. The molecule has 1 N–H and O–H groups in total. The maximum absolute atomic E-state index is 12.0. The predicted molar refractivity (Wildman–Crippen MR) is 73.6 cm³/mol. The summed E-state index contributed by atoms with van der Waals surface area (Å²) >= 11 is 0. The molecular weight excluding hydrogens is 240 g/mol. The molecule has 0 bridgehead atoms. The molecule has 3 nitrogen and oxygen atoms in total. The zero-order valence-corrected chi connectivity index (χ0v) is 11.0. The summed E-state index contributed by atoms with van der Waals surface area (Å²) in [4.78, 5) is 12.0. The molecule has 0 aliphatic carbocycles. The number of aromatic hydroxyl groups is 1. The first-order valence-corrected chi connectivity index (χ1v) is 6.18. The van der Waals surface area contributed by atoms with E-state index in [-0.39, 0.29) is 17.2 Å². The van der Waals surface area contributed by atoms with Gasteiger partial charge in [-0.1, -0.05) is 44.2 Å². The number of hydrogen-bond donors (Lipinski definition) is 1. The van der Waals surface area contributed by atoms with Crippen LogP contribution in [0.4, 0.5) is 0 Å². The lowest BCUT2D eigenvalue weighted by molar-refractivity contribution is 0.0731. The van der Waals surface area contributed by atoms with Crippen molar-refractivity contribution in [1.82, 2.24) is 0 Å². The molecule has 0 saturated carbocycles. The van der Waals surface area contributed by atoms with E-state index >= 15 is 0 Å². The summed E-state index contributed by atoms with van der Waals surface area (Å²) in [6, 6.07) is 13.9. The lowest BCUT2D eigenvalue weighted by atomic mass is 9.99. The highest BCUT2D eigenvalue weighted by molar-refractivity contribution is 5.94. The van der Waals surface area contributed by atoms with Crippen LogP contribution in [-0.4, -0.2) is 11.1 Å². The van der Waals surface area contributed by atoms with E-state index in [0.29, 0.717) is 5.75 Å². The highest BCUT2D eigenvalue weighted by atomic mass is 16.5. The van der Waals surface area contributed by atoms with Gasteiger partial charge in [-0.15, -0.1) is 0 Å². The first kappa shape index (κ1) is 13.1. The summed E-state index contributed by atoms with van der Waals surface area (Å²) in [6.45, 7) is 3.92. The van der Waals surface area contributed by atoms with Crippen LogP contribution in [0.25, 0.3) is 0 Å². The van der Waals surface area contributed by atoms with Crippen LogP contribution in [0.1, 0.15) is 35.7 Å². The van der Waals surface area contributed by atoms with E-state index in [9.17, 15) is 9.90 Å². The molecule has 2 rings (SSSR count). The summed E-state index contributed by atoms with van der Waals surface area (Å²) in [7, 11) is 0. The molecule has 2 aromatic rings. The van der Waals surface area contributed by atoms with Gasteiger partial charge in [0.05, 0.1) is 0 Å². The van der Waals surface area contributed by atoms with Crippen molar-refractivity contribution < 1.29 is 14.6 Å². The van der Waals surface area contributed by atoms with E-state index in [1.165, 1.54) is 0 Å². The van der Waals surface area contributed by atoms with Gasteiger partial charge >= 0.3 is 5.97 Å². The SMILES string of the molecule is CC(C)c1cccc(C(=O)Oc2ccccc2)c1O. The van der Waals surface area contributed by atoms with E-state index in [1.807, 2.05) is 19.9 Å². The van der Waals surface area contributed by atoms with Crippen LogP contribution < -0.4 is 4.74 Å². The molecule has 0 amide bonds. The fourth-order valence-corrected chi connectivity index (χ4v) is 1.84. The van der Waals surface area contributed by atoms with Crippen molar-refractivity contribution in [2.45, 2.75) is 19.8 Å². The third kappa shape index (κ3) is 2.94. The van der Waals surface area contributed by atoms with Gasteiger partial charge in [0.2, 0.25) is 0 Å². The van der Waals surface area contributed by atoms with Crippen LogP contribution in [-0.2, 0) is 0 Å². The van der Waals surface area contributed by atoms with Gasteiger partial charge in [-0.3, -0.25) is 0 Å². The van der Waals surface area contributed by atoms with Crippen LogP contribution in [0.2, 0.25) is 0 Å². The molecule has 98 valence electrons. The van der Waals surface area contributed by atoms with Crippen molar-refractivity contribution in [2.75, 3.05) is 0 Å². The number of hydrogen-bond acceptors (Lipinski definition) is 3. The van der Waals surface area contributed by atoms with Crippen LogP contribution in [0.5, 0.6) is 11.5 Å². The maximum atomic E-state index is 12.0. The molecule has 0 aliphatic heterocycles. The van der Waals surface area contributed by atoms with E-state index in [0.717, 1.165) is 5.56 Å². The Balaban J connectivity index is 2.27. The van der Waals surface area contributed by atoms with E-state index in [2.05, 4.69) is 0 Å². The topological polar surface area (TPSA) is 46.5 Å². The molecule has 19 heavy (non-hydrogen) atoms. The Morgan fingerprint density at radius 2 is 1.74 bits per heavy atom. The van der Waals surface area contributed by atoms with Gasteiger partial charge in [-0.2, -0.15) is 0 Å². The summed E-state index contributed by atoms with van der Waals surface area (Å²) in [6.07, 6.45) is 0. The van der Waals surface area contributed by atoms with Crippen molar-refractivity contribution in [1.29, 1.82) is 0 Å². The third-order valence-electron chi connectivity index (χ3n) is 2.86. The monoisotopic (exact) mass is 256 g/mol. The summed E-state index contributed by atoms with van der Waals surface area (Å²) in [5.74, 6) is 0.0518. The average Bonchev–Trinajstić information content (AvgIpc) is 2.39. The minimum Gasteiger partial charge on any atom is -0.507 e. The third-order valence-corrected chi connectivity index (χ3v) is 2.86. The van der Waals surface area contributed by atoms with Crippen LogP contribution in [0.15, 0.2) is 48.5 Å². The van der Waals surface area contributed by atoms with Crippen LogP contribution in [0.3, 0.4) is 0 Å². The minimum atomic E-state index is -0.550. The predicted octanol–water partition coefficient (Wildman–Crippen LogP) is 3.73. The lowest BCUT2D eigenvalue weighted by Gasteiger charge is -2.11. The Bertz CT molecular complexity index is 574. The molecule has 0 radical (unpaired) electrons. The quantitative estimate of drug-likeness (QED) is 0.672. The molecule has 0 atom stereocenters. The normalized spacial score (nSPS) is 10.5. The number of rotatable bonds is 3.